The van der Waals surface area contributed by atoms with Gasteiger partial charge < -0.3 is 5.32 Å². The maximum absolute atomic E-state index is 13.3. The van der Waals surface area contributed by atoms with Crippen LogP contribution >= 0.6 is 0 Å². The van der Waals surface area contributed by atoms with E-state index in [1.807, 2.05) is 18.2 Å². The summed E-state index contributed by atoms with van der Waals surface area (Å²) in [6.45, 7) is 3.24. The molecule has 8 nitrogen and oxygen atoms in total. The first-order valence-electron chi connectivity index (χ1n) is 10.7. The summed E-state index contributed by atoms with van der Waals surface area (Å²) in [5, 5.41) is 13.1. The van der Waals surface area contributed by atoms with Crippen LogP contribution in [-0.2, 0) is 16.6 Å². The molecule has 0 atom stereocenters. The van der Waals surface area contributed by atoms with Crippen molar-refractivity contribution in [3.8, 4) is 6.07 Å². The van der Waals surface area contributed by atoms with Gasteiger partial charge in [-0.2, -0.15) is 10.2 Å². The third kappa shape index (κ3) is 4.18. The molecular weight excluding hydrogens is 436 g/mol. The Morgan fingerprint density at radius 3 is 2.55 bits per heavy atom. The predicted octanol–water partition coefficient (Wildman–Crippen LogP) is 3.88. The zero-order valence-corrected chi connectivity index (χ0v) is 18.7. The molecule has 0 saturated carbocycles. The van der Waals surface area contributed by atoms with Crippen molar-refractivity contribution in [1.29, 1.82) is 5.26 Å². The fraction of sp³-hybridized carbons (Fsp3) is 0.208. The molecule has 0 amide bonds. The van der Waals surface area contributed by atoms with E-state index in [1.165, 1.54) is 36.7 Å². The van der Waals surface area contributed by atoms with E-state index in [9.17, 15) is 13.7 Å². The van der Waals surface area contributed by atoms with Gasteiger partial charge in [-0.05, 0) is 61.8 Å². The van der Waals surface area contributed by atoms with E-state index in [2.05, 4.69) is 32.3 Å². The Morgan fingerprint density at radius 2 is 1.79 bits per heavy atom. The van der Waals surface area contributed by atoms with Crippen molar-refractivity contribution in [2.45, 2.75) is 24.3 Å². The summed E-state index contributed by atoms with van der Waals surface area (Å²) < 4.78 is 27.6. The number of nitrogens with zero attached hydrogens (tertiary/aromatic N) is 5. The molecule has 3 heterocycles. The van der Waals surface area contributed by atoms with Gasteiger partial charge in [-0.15, -0.1) is 0 Å². The topological polar surface area (TPSA) is 104 Å². The second-order valence-electron chi connectivity index (χ2n) is 8.00. The van der Waals surface area contributed by atoms with Crippen LogP contribution in [0.2, 0.25) is 0 Å². The average molecular weight is 459 g/mol. The summed E-state index contributed by atoms with van der Waals surface area (Å²) in [6.07, 6.45) is 5.53. The predicted molar refractivity (Wildman–Crippen MR) is 126 cm³/mol. The lowest BCUT2D eigenvalue weighted by molar-refractivity contribution is 0.331. The number of aromatic nitrogens is 3. The number of benzene rings is 2. The molecule has 2 aromatic carbocycles. The van der Waals surface area contributed by atoms with Crippen molar-refractivity contribution in [3.63, 3.8) is 0 Å². The molecule has 0 radical (unpaired) electrons. The zero-order chi connectivity index (χ0) is 22.8. The minimum absolute atomic E-state index is 0.0632. The van der Waals surface area contributed by atoms with Gasteiger partial charge in [-0.1, -0.05) is 24.3 Å². The van der Waals surface area contributed by atoms with E-state index < -0.39 is 10.0 Å². The van der Waals surface area contributed by atoms with Crippen LogP contribution in [-0.4, -0.2) is 40.3 Å². The lowest BCUT2D eigenvalue weighted by Crippen LogP contribution is -2.18. The molecule has 1 aliphatic rings. The highest BCUT2D eigenvalue weighted by Gasteiger charge is 2.23. The molecule has 1 saturated heterocycles. The Kier molecular flexibility index (Phi) is 5.54. The Hall–Kier alpha value is -3.74. The molecule has 4 aromatic rings. The van der Waals surface area contributed by atoms with Gasteiger partial charge in [0.2, 0.25) is 5.95 Å². The molecule has 5 rings (SSSR count). The second kappa shape index (κ2) is 8.65. The molecule has 0 aliphatic carbocycles. The quantitative estimate of drug-likeness (QED) is 0.468. The largest absolute Gasteiger partial charge is 0.324 e. The Bertz CT molecular complexity index is 1450. The molecule has 9 heteroatoms. The molecule has 2 aromatic heterocycles. The summed E-state index contributed by atoms with van der Waals surface area (Å²) in [6, 6.07) is 17.8. The highest BCUT2D eigenvalue weighted by molar-refractivity contribution is 7.90. The van der Waals surface area contributed by atoms with Crippen LogP contribution in [0.4, 0.5) is 11.6 Å². The number of fused-ring (bicyclic) bond motifs is 1. The number of rotatable bonds is 6. The van der Waals surface area contributed by atoms with E-state index in [-0.39, 0.29) is 16.1 Å². The molecule has 1 fully saturated rings. The molecule has 0 spiro atoms. The first kappa shape index (κ1) is 21.1. The molecule has 33 heavy (non-hydrogen) atoms. The van der Waals surface area contributed by atoms with Crippen LogP contribution in [0.1, 0.15) is 24.0 Å². The van der Waals surface area contributed by atoms with E-state index in [0.717, 1.165) is 29.3 Å². The molecule has 0 bridgehead atoms. The number of hydrogen-bond donors (Lipinski definition) is 1. The van der Waals surface area contributed by atoms with Crippen molar-refractivity contribution >= 4 is 32.7 Å². The molecule has 1 N–H and O–H groups in total. The normalized spacial score (nSPS) is 14.4. The summed E-state index contributed by atoms with van der Waals surface area (Å²) in [7, 11) is -4.00. The van der Waals surface area contributed by atoms with Crippen LogP contribution in [0.15, 0.2) is 71.9 Å². The van der Waals surface area contributed by atoms with Crippen LogP contribution < -0.4 is 5.32 Å². The smallest absolute Gasteiger partial charge is 0.270 e. The lowest BCUT2D eigenvalue weighted by atomic mass is 10.2. The maximum Gasteiger partial charge on any atom is 0.270 e. The van der Waals surface area contributed by atoms with E-state index in [4.69, 9.17) is 0 Å². The van der Waals surface area contributed by atoms with Gasteiger partial charge in [-0.25, -0.2) is 17.4 Å². The fourth-order valence-corrected chi connectivity index (χ4v) is 5.51. The number of likely N-dealkylation sites (tertiary alicyclic amines) is 1. The standard InChI is InChI=1S/C24H22N6O2S/c25-15-19-5-1-2-6-22(19)33(31,32)30-14-11-20-16-26-24(28-23(20)30)27-21-9-7-18(8-10-21)17-29-12-3-4-13-29/h1-2,5-11,14,16H,3-4,12-13,17H2,(H,26,27,28). The summed E-state index contributed by atoms with van der Waals surface area (Å²) in [5.74, 6) is 0.290. The van der Waals surface area contributed by atoms with Gasteiger partial charge in [0.15, 0.2) is 5.65 Å². The van der Waals surface area contributed by atoms with Crippen molar-refractivity contribution < 1.29 is 8.42 Å². The number of nitrogens with one attached hydrogen (secondary N) is 1. The zero-order valence-electron chi connectivity index (χ0n) is 17.8. The highest BCUT2D eigenvalue weighted by Crippen LogP contribution is 2.24. The Morgan fingerprint density at radius 1 is 1.03 bits per heavy atom. The highest BCUT2D eigenvalue weighted by atomic mass is 32.2. The third-order valence-corrected chi connectivity index (χ3v) is 7.48. The van der Waals surface area contributed by atoms with Gasteiger partial charge >= 0.3 is 0 Å². The van der Waals surface area contributed by atoms with Crippen LogP contribution in [0.5, 0.6) is 0 Å². The van der Waals surface area contributed by atoms with Crippen molar-refractivity contribution in [1.82, 2.24) is 18.8 Å². The Balaban J connectivity index is 1.42. The van der Waals surface area contributed by atoms with Gasteiger partial charge in [0.25, 0.3) is 10.0 Å². The fourth-order valence-electron chi connectivity index (χ4n) is 4.06. The van der Waals surface area contributed by atoms with Gasteiger partial charge in [0, 0.05) is 30.0 Å². The van der Waals surface area contributed by atoms with Crippen molar-refractivity contribution in [2.75, 3.05) is 18.4 Å². The summed E-state index contributed by atoms with van der Waals surface area (Å²) >= 11 is 0. The minimum atomic E-state index is -4.00. The van der Waals surface area contributed by atoms with Crippen molar-refractivity contribution in [2.24, 2.45) is 0 Å². The van der Waals surface area contributed by atoms with E-state index in [0.29, 0.717) is 11.3 Å². The molecule has 166 valence electrons. The summed E-state index contributed by atoms with van der Waals surface area (Å²) in [5.41, 5.74) is 2.39. The van der Waals surface area contributed by atoms with Crippen molar-refractivity contribution in [3.05, 3.63) is 78.1 Å². The third-order valence-electron chi connectivity index (χ3n) is 5.75. The second-order valence-corrected chi connectivity index (χ2v) is 9.79. The van der Waals surface area contributed by atoms with E-state index in [1.54, 1.807) is 24.4 Å². The molecule has 1 aliphatic heterocycles. The first-order valence-corrected chi connectivity index (χ1v) is 12.2. The Labute approximate surface area is 192 Å². The number of nitriles is 1. The van der Waals surface area contributed by atoms with Crippen LogP contribution in [0.25, 0.3) is 11.0 Å². The molecule has 0 unspecified atom stereocenters. The van der Waals surface area contributed by atoms with Crippen LogP contribution in [0.3, 0.4) is 0 Å². The van der Waals surface area contributed by atoms with Gasteiger partial charge in [-0.3, -0.25) is 4.90 Å². The monoisotopic (exact) mass is 458 g/mol. The van der Waals surface area contributed by atoms with E-state index >= 15 is 0 Å². The first-order chi connectivity index (χ1) is 16.0. The molecular formula is C24H22N6O2S. The van der Waals surface area contributed by atoms with Crippen LogP contribution in [0, 0.1) is 11.3 Å². The van der Waals surface area contributed by atoms with Gasteiger partial charge in [0.1, 0.15) is 11.0 Å². The lowest BCUT2D eigenvalue weighted by Gasteiger charge is -2.14. The number of hydrogen-bond acceptors (Lipinski definition) is 7. The van der Waals surface area contributed by atoms with Gasteiger partial charge in [0.05, 0.1) is 5.56 Å². The summed E-state index contributed by atoms with van der Waals surface area (Å²) in [4.78, 5) is 11.2. The minimum Gasteiger partial charge on any atom is -0.324 e. The average Bonchev–Trinajstić information content (AvgIpc) is 3.50. The number of anilines is 2. The maximum atomic E-state index is 13.3. The SMILES string of the molecule is N#Cc1ccccc1S(=O)(=O)n1ccc2cnc(Nc3ccc(CN4CCCC4)cc3)nc21.